The van der Waals surface area contributed by atoms with Gasteiger partial charge in [0.15, 0.2) is 0 Å². The van der Waals surface area contributed by atoms with Crippen LogP contribution < -0.4 is 4.90 Å². The third kappa shape index (κ3) is 2.96. The van der Waals surface area contributed by atoms with E-state index in [0.717, 1.165) is 25.9 Å². The second-order valence-corrected chi connectivity index (χ2v) is 5.11. The van der Waals surface area contributed by atoms with E-state index in [1.807, 2.05) is 0 Å². The molecule has 0 bridgehead atoms. The number of phenols is 1. The van der Waals surface area contributed by atoms with Crippen LogP contribution in [0.5, 0.6) is 5.75 Å². The van der Waals surface area contributed by atoms with E-state index in [4.69, 9.17) is 0 Å². The summed E-state index contributed by atoms with van der Waals surface area (Å²) >= 11 is 0. The van der Waals surface area contributed by atoms with E-state index < -0.39 is 4.92 Å². The summed E-state index contributed by atoms with van der Waals surface area (Å²) in [5.41, 5.74) is 0.604. The maximum absolute atomic E-state index is 10.6. The summed E-state index contributed by atoms with van der Waals surface area (Å²) in [5.74, 6) is -0.0162. The van der Waals surface area contributed by atoms with Crippen LogP contribution >= 0.6 is 0 Å². The molecule has 1 saturated heterocycles. The molecule has 0 saturated carbocycles. The Labute approximate surface area is 112 Å². The number of nitrogens with zero attached hydrogens (tertiary/aromatic N) is 3. The van der Waals surface area contributed by atoms with Crippen molar-refractivity contribution in [2.24, 2.45) is 0 Å². The normalized spacial score (nSPS) is 16.9. The second-order valence-electron chi connectivity index (χ2n) is 5.11. The Morgan fingerprint density at radius 2 is 2.00 bits per heavy atom. The Morgan fingerprint density at radius 1 is 1.37 bits per heavy atom. The number of nitro groups is 1. The van der Waals surface area contributed by atoms with E-state index in [0.29, 0.717) is 11.7 Å². The molecule has 0 spiro atoms. The first-order chi connectivity index (χ1) is 8.99. The quantitative estimate of drug-likeness (QED) is 0.667. The van der Waals surface area contributed by atoms with Crippen molar-refractivity contribution in [2.75, 3.05) is 32.1 Å². The fourth-order valence-corrected chi connectivity index (χ4v) is 2.52. The Hall–Kier alpha value is -1.82. The van der Waals surface area contributed by atoms with Gasteiger partial charge in [0.25, 0.3) is 5.69 Å². The predicted molar refractivity (Wildman–Crippen MR) is 73.7 cm³/mol. The SMILES string of the molecule is CN(C)C1CCN(c2ccc([N+](=O)[O-])cc2O)CC1. The summed E-state index contributed by atoms with van der Waals surface area (Å²) in [5, 5.41) is 20.5. The van der Waals surface area contributed by atoms with Crippen molar-refractivity contribution < 1.29 is 10.0 Å². The van der Waals surface area contributed by atoms with Crippen LogP contribution in [0, 0.1) is 10.1 Å². The van der Waals surface area contributed by atoms with Crippen LogP contribution in [0.4, 0.5) is 11.4 Å². The maximum atomic E-state index is 10.6. The van der Waals surface area contributed by atoms with Gasteiger partial charge in [0, 0.05) is 25.2 Å². The largest absolute Gasteiger partial charge is 0.506 e. The molecule has 2 rings (SSSR count). The minimum Gasteiger partial charge on any atom is -0.506 e. The smallest absolute Gasteiger partial charge is 0.273 e. The van der Waals surface area contributed by atoms with Gasteiger partial charge in [-0.15, -0.1) is 0 Å². The maximum Gasteiger partial charge on any atom is 0.273 e. The van der Waals surface area contributed by atoms with Crippen molar-refractivity contribution in [1.29, 1.82) is 0 Å². The summed E-state index contributed by atoms with van der Waals surface area (Å²) in [6, 6.07) is 4.85. The van der Waals surface area contributed by atoms with Crippen molar-refractivity contribution in [3.8, 4) is 5.75 Å². The first kappa shape index (κ1) is 13.6. The molecule has 0 amide bonds. The number of hydrogen-bond acceptors (Lipinski definition) is 5. The zero-order valence-electron chi connectivity index (χ0n) is 11.2. The molecule has 104 valence electrons. The standard InChI is InChI=1S/C13H19N3O3/c1-14(2)10-5-7-15(8-6-10)12-4-3-11(16(18)19)9-13(12)17/h3-4,9-10,17H,5-8H2,1-2H3. The highest BCUT2D eigenvalue weighted by atomic mass is 16.6. The highest BCUT2D eigenvalue weighted by Crippen LogP contribution is 2.33. The molecule has 1 fully saturated rings. The first-order valence-corrected chi connectivity index (χ1v) is 6.38. The van der Waals surface area contributed by atoms with Crippen LogP contribution in [0.1, 0.15) is 12.8 Å². The lowest BCUT2D eigenvalue weighted by molar-refractivity contribution is -0.384. The van der Waals surface area contributed by atoms with E-state index in [9.17, 15) is 15.2 Å². The number of piperidine rings is 1. The first-order valence-electron chi connectivity index (χ1n) is 6.38. The number of non-ortho nitro benzene ring substituents is 1. The molecule has 0 atom stereocenters. The van der Waals surface area contributed by atoms with Gasteiger partial charge in [-0.3, -0.25) is 10.1 Å². The van der Waals surface area contributed by atoms with Crippen molar-refractivity contribution in [2.45, 2.75) is 18.9 Å². The lowest BCUT2D eigenvalue weighted by Crippen LogP contribution is -2.42. The fourth-order valence-electron chi connectivity index (χ4n) is 2.52. The number of nitro benzene ring substituents is 1. The van der Waals surface area contributed by atoms with E-state index >= 15 is 0 Å². The van der Waals surface area contributed by atoms with Crippen LogP contribution in [0.3, 0.4) is 0 Å². The Bertz CT molecular complexity index is 468. The van der Waals surface area contributed by atoms with Crippen LogP contribution in [-0.2, 0) is 0 Å². The molecule has 1 aromatic rings. The lowest BCUT2D eigenvalue weighted by atomic mass is 10.0. The van der Waals surface area contributed by atoms with E-state index in [2.05, 4.69) is 23.9 Å². The highest BCUT2D eigenvalue weighted by molar-refractivity contribution is 5.61. The molecule has 6 heteroatoms. The number of aromatic hydroxyl groups is 1. The number of benzene rings is 1. The van der Waals surface area contributed by atoms with Gasteiger partial charge in [-0.05, 0) is 33.0 Å². The van der Waals surface area contributed by atoms with Crippen molar-refractivity contribution in [3.63, 3.8) is 0 Å². The van der Waals surface area contributed by atoms with Crippen LogP contribution in [0.2, 0.25) is 0 Å². The molecular weight excluding hydrogens is 246 g/mol. The zero-order valence-corrected chi connectivity index (χ0v) is 11.2. The van der Waals surface area contributed by atoms with Crippen molar-refractivity contribution >= 4 is 11.4 Å². The molecule has 0 radical (unpaired) electrons. The Kier molecular flexibility index (Phi) is 3.90. The highest BCUT2D eigenvalue weighted by Gasteiger charge is 2.23. The predicted octanol–water partition coefficient (Wildman–Crippen LogP) is 1.83. The topological polar surface area (TPSA) is 69.9 Å². The number of hydrogen-bond donors (Lipinski definition) is 1. The Balaban J connectivity index is 2.09. The van der Waals surface area contributed by atoms with Gasteiger partial charge in [0.05, 0.1) is 16.7 Å². The summed E-state index contributed by atoms with van der Waals surface area (Å²) in [6.45, 7) is 1.71. The number of rotatable bonds is 3. The molecule has 0 aromatic heterocycles. The third-order valence-electron chi connectivity index (χ3n) is 3.71. The number of phenolic OH excluding ortho intramolecular Hbond substituents is 1. The summed E-state index contributed by atoms with van der Waals surface area (Å²) < 4.78 is 0. The molecular formula is C13H19N3O3. The minimum atomic E-state index is -0.498. The van der Waals surface area contributed by atoms with E-state index in [-0.39, 0.29) is 11.4 Å². The summed E-state index contributed by atoms with van der Waals surface area (Å²) in [6.07, 6.45) is 2.06. The number of anilines is 1. The van der Waals surface area contributed by atoms with Gasteiger partial charge in [0.2, 0.25) is 0 Å². The molecule has 1 N–H and O–H groups in total. The second kappa shape index (κ2) is 5.44. The van der Waals surface area contributed by atoms with Crippen LogP contribution in [0.15, 0.2) is 18.2 Å². The molecule has 0 unspecified atom stereocenters. The zero-order chi connectivity index (χ0) is 14.0. The van der Waals surface area contributed by atoms with Crippen LogP contribution in [0.25, 0.3) is 0 Å². The monoisotopic (exact) mass is 265 g/mol. The van der Waals surface area contributed by atoms with Gasteiger partial charge >= 0.3 is 0 Å². The van der Waals surface area contributed by atoms with Crippen molar-refractivity contribution in [3.05, 3.63) is 28.3 Å². The average molecular weight is 265 g/mol. The van der Waals surface area contributed by atoms with E-state index in [1.165, 1.54) is 12.1 Å². The molecule has 6 nitrogen and oxygen atoms in total. The third-order valence-corrected chi connectivity index (χ3v) is 3.71. The fraction of sp³-hybridized carbons (Fsp3) is 0.538. The van der Waals surface area contributed by atoms with Gasteiger partial charge in [0.1, 0.15) is 5.75 Å². The lowest BCUT2D eigenvalue weighted by Gasteiger charge is -2.36. The van der Waals surface area contributed by atoms with Crippen LogP contribution in [-0.4, -0.2) is 48.2 Å². The molecule has 1 aliphatic rings. The van der Waals surface area contributed by atoms with E-state index in [1.54, 1.807) is 6.07 Å². The molecule has 0 aliphatic carbocycles. The van der Waals surface area contributed by atoms with Gasteiger partial charge < -0.3 is 14.9 Å². The summed E-state index contributed by atoms with van der Waals surface area (Å²) in [4.78, 5) is 14.4. The average Bonchev–Trinajstić information content (AvgIpc) is 2.38. The van der Waals surface area contributed by atoms with Gasteiger partial charge in [-0.25, -0.2) is 0 Å². The Morgan fingerprint density at radius 3 is 2.47 bits per heavy atom. The molecule has 1 heterocycles. The van der Waals surface area contributed by atoms with Crippen molar-refractivity contribution in [1.82, 2.24) is 4.90 Å². The minimum absolute atomic E-state index is 0.0162. The molecule has 1 aliphatic heterocycles. The molecule has 1 aromatic carbocycles. The van der Waals surface area contributed by atoms with Gasteiger partial charge in [-0.2, -0.15) is 0 Å². The molecule has 19 heavy (non-hydrogen) atoms. The summed E-state index contributed by atoms with van der Waals surface area (Å²) in [7, 11) is 4.15. The van der Waals surface area contributed by atoms with Gasteiger partial charge in [-0.1, -0.05) is 0 Å².